The number of benzene rings is 2. The number of amides is 1. The van der Waals surface area contributed by atoms with Gasteiger partial charge < -0.3 is 19.7 Å². The van der Waals surface area contributed by atoms with E-state index < -0.39 is 0 Å². The zero-order valence-corrected chi connectivity index (χ0v) is 18.1. The molecule has 0 aliphatic rings. The van der Waals surface area contributed by atoms with Crippen molar-refractivity contribution in [3.63, 3.8) is 0 Å². The van der Waals surface area contributed by atoms with E-state index in [1.54, 1.807) is 31.7 Å². The fraction of sp³-hybridized carbons (Fsp3) is 0.273. The molecule has 1 atom stereocenters. The van der Waals surface area contributed by atoms with E-state index in [9.17, 15) is 9.18 Å². The average Bonchev–Trinajstić information content (AvgIpc) is 3.23. The number of methoxy groups -OCH3 is 2. The normalized spacial score (nSPS) is 11.9. The van der Waals surface area contributed by atoms with Crippen LogP contribution in [0.25, 0.3) is 10.6 Å². The minimum absolute atomic E-state index is 0.159. The summed E-state index contributed by atoms with van der Waals surface area (Å²) in [7, 11) is 6.93. The van der Waals surface area contributed by atoms with Crippen LogP contribution in [0.4, 0.5) is 4.39 Å². The van der Waals surface area contributed by atoms with Crippen LogP contribution < -0.4 is 14.8 Å². The molecule has 0 unspecified atom stereocenters. The molecular formula is C22H24FN3O3S. The van der Waals surface area contributed by atoms with Gasteiger partial charge in [0, 0.05) is 17.5 Å². The highest BCUT2D eigenvalue weighted by molar-refractivity contribution is 7.13. The molecule has 1 aromatic heterocycles. The summed E-state index contributed by atoms with van der Waals surface area (Å²) in [5.41, 5.74) is 1.97. The van der Waals surface area contributed by atoms with E-state index in [4.69, 9.17) is 9.47 Å². The Hall–Kier alpha value is -2.97. The molecule has 0 aliphatic carbocycles. The molecule has 30 heavy (non-hydrogen) atoms. The Morgan fingerprint density at radius 2 is 1.93 bits per heavy atom. The molecule has 0 bridgehead atoms. The number of nitrogens with one attached hydrogen (secondary N) is 1. The number of likely N-dealkylation sites (N-methyl/N-ethyl adjacent to an activating group) is 1. The Morgan fingerprint density at radius 1 is 1.17 bits per heavy atom. The van der Waals surface area contributed by atoms with Crippen molar-refractivity contribution in [2.75, 3.05) is 34.9 Å². The molecule has 0 saturated carbocycles. The molecule has 1 amide bonds. The second-order valence-electron chi connectivity index (χ2n) is 6.85. The van der Waals surface area contributed by atoms with Gasteiger partial charge in [0.05, 0.1) is 20.3 Å². The second-order valence-corrected chi connectivity index (χ2v) is 7.71. The van der Waals surface area contributed by atoms with Crippen LogP contribution in [0.1, 0.15) is 22.1 Å². The summed E-state index contributed by atoms with van der Waals surface area (Å²) >= 11 is 1.37. The Labute approximate surface area is 179 Å². The van der Waals surface area contributed by atoms with E-state index in [1.165, 1.54) is 23.5 Å². The molecule has 1 heterocycles. The third-order valence-corrected chi connectivity index (χ3v) is 5.57. The van der Waals surface area contributed by atoms with Gasteiger partial charge in [0.15, 0.2) is 11.5 Å². The van der Waals surface area contributed by atoms with Crippen LogP contribution in [-0.4, -0.2) is 50.7 Å². The third-order valence-electron chi connectivity index (χ3n) is 4.68. The molecular weight excluding hydrogens is 405 g/mol. The van der Waals surface area contributed by atoms with E-state index in [-0.39, 0.29) is 17.8 Å². The van der Waals surface area contributed by atoms with Crippen LogP contribution in [0.5, 0.6) is 11.5 Å². The molecule has 1 N–H and O–H groups in total. The summed E-state index contributed by atoms with van der Waals surface area (Å²) in [6, 6.07) is 11.7. The zero-order chi connectivity index (χ0) is 21.7. The van der Waals surface area contributed by atoms with Crippen LogP contribution in [0.3, 0.4) is 0 Å². The topological polar surface area (TPSA) is 63.7 Å². The summed E-state index contributed by atoms with van der Waals surface area (Å²) in [5.74, 6) is 0.647. The predicted molar refractivity (Wildman–Crippen MR) is 116 cm³/mol. The highest BCUT2D eigenvalue weighted by Crippen LogP contribution is 2.33. The number of ether oxygens (including phenoxy) is 2. The van der Waals surface area contributed by atoms with Crippen molar-refractivity contribution >= 4 is 17.2 Å². The minimum Gasteiger partial charge on any atom is -0.493 e. The van der Waals surface area contributed by atoms with E-state index in [0.717, 1.165) is 11.1 Å². The monoisotopic (exact) mass is 429 g/mol. The lowest BCUT2D eigenvalue weighted by Gasteiger charge is -2.25. The maximum atomic E-state index is 13.6. The maximum Gasteiger partial charge on any atom is 0.270 e. The molecule has 3 rings (SSSR count). The summed E-state index contributed by atoms with van der Waals surface area (Å²) < 4.78 is 24.2. The highest BCUT2D eigenvalue weighted by Gasteiger charge is 2.18. The van der Waals surface area contributed by atoms with E-state index >= 15 is 0 Å². The standard InChI is InChI=1S/C22H24FN3O3S/c1-26(2)18(14-6-5-7-16(23)10-14)12-24-21(27)17-13-30-22(25-17)15-8-9-19(28-3)20(11-15)29-4/h5-11,13,18H,12H2,1-4H3,(H,24,27)/t18-/m1/s1. The number of thiazole rings is 1. The lowest BCUT2D eigenvalue weighted by atomic mass is 10.1. The van der Waals surface area contributed by atoms with Crippen molar-refractivity contribution in [1.82, 2.24) is 15.2 Å². The molecule has 0 radical (unpaired) electrons. The summed E-state index contributed by atoms with van der Waals surface area (Å²) in [6.45, 7) is 0.332. The van der Waals surface area contributed by atoms with Crippen LogP contribution in [0, 0.1) is 5.82 Å². The highest BCUT2D eigenvalue weighted by atomic mass is 32.1. The third kappa shape index (κ3) is 4.95. The summed E-state index contributed by atoms with van der Waals surface area (Å²) in [6.07, 6.45) is 0. The number of carbonyl (C=O) groups is 1. The van der Waals surface area contributed by atoms with Gasteiger partial charge in [0.1, 0.15) is 16.5 Å². The minimum atomic E-state index is -0.301. The average molecular weight is 430 g/mol. The van der Waals surface area contributed by atoms with Gasteiger partial charge >= 0.3 is 0 Å². The van der Waals surface area contributed by atoms with E-state index in [0.29, 0.717) is 28.7 Å². The van der Waals surface area contributed by atoms with Crippen molar-refractivity contribution in [2.45, 2.75) is 6.04 Å². The van der Waals surface area contributed by atoms with Gasteiger partial charge in [-0.1, -0.05) is 12.1 Å². The van der Waals surface area contributed by atoms with Gasteiger partial charge in [0.25, 0.3) is 5.91 Å². The van der Waals surface area contributed by atoms with Crippen LogP contribution >= 0.6 is 11.3 Å². The molecule has 158 valence electrons. The number of aromatic nitrogens is 1. The maximum absolute atomic E-state index is 13.6. The van der Waals surface area contributed by atoms with Gasteiger partial charge in [-0.3, -0.25) is 4.79 Å². The van der Waals surface area contributed by atoms with Gasteiger partial charge in [-0.15, -0.1) is 11.3 Å². The zero-order valence-electron chi connectivity index (χ0n) is 17.3. The second kappa shape index (κ2) is 9.69. The van der Waals surface area contributed by atoms with Gasteiger partial charge in [-0.05, 0) is 50.0 Å². The number of hydrogen-bond acceptors (Lipinski definition) is 6. The Kier molecular flexibility index (Phi) is 7.02. The number of halogens is 1. The molecule has 0 fully saturated rings. The molecule has 8 heteroatoms. The van der Waals surface area contributed by atoms with Crippen molar-refractivity contribution in [3.8, 4) is 22.1 Å². The van der Waals surface area contributed by atoms with Crippen molar-refractivity contribution in [3.05, 3.63) is 64.9 Å². The quantitative estimate of drug-likeness (QED) is 0.586. The fourth-order valence-electron chi connectivity index (χ4n) is 3.07. The van der Waals surface area contributed by atoms with Gasteiger partial charge in [0.2, 0.25) is 0 Å². The largest absolute Gasteiger partial charge is 0.493 e. The van der Waals surface area contributed by atoms with E-state index in [1.807, 2.05) is 37.2 Å². The Balaban J connectivity index is 1.72. The van der Waals surface area contributed by atoms with E-state index in [2.05, 4.69) is 10.3 Å². The molecule has 0 spiro atoms. The van der Waals surface area contributed by atoms with Crippen molar-refractivity contribution < 1.29 is 18.7 Å². The first-order chi connectivity index (χ1) is 14.4. The number of nitrogens with zero attached hydrogens (tertiary/aromatic N) is 2. The molecule has 2 aromatic carbocycles. The molecule has 0 aliphatic heterocycles. The number of rotatable bonds is 8. The Morgan fingerprint density at radius 3 is 2.60 bits per heavy atom. The van der Waals surface area contributed by atoms with Gasteiger partial charge in [-0.25, -0.2) is 9.37 Å². The fourth-order valence-corrected chi connectivity index (χ4v) is 3.87. The molecule has 3 aromatic rings. The smallest absolute Gasteiger partial charge is 0.270 e. The summed E-state index contributed by atoms with van der Waals surface area (Å²) in [4.78, 5) is 19.0. The number of carbonyl (C=O) groups excluding carboxylic acids is 1. The molecule has 6 nitrogen and oxygen atoms in total. The van der Waals surface area contributed by atoms with Crippen molar-refractivity contribution in [2.24, 2.45) is 0 Å². The van der Waals surface area contributed by atoms with Crippen molar-refractivity contribution in [1.29, 1.82) is 0 Å². The lowest BCUT2D eigenvalue weighted by molar-refractivity contribution is 0.0937. The predicted octanol–water partition coefficient (Wildman–Crippen LogP) is 4.00. The first-order valence-corrected chi connectivity index (χ1v) is 10.2. The number of hydrogen-bond donors (Lipinski definition) is 1. The SMILES string of the molecule is COc1ccc(-c2nc(C(=O)NC[C@H](c3cccc(F)c3)N(C)C)cs2)cc1OC. The van der Waals surface area contributed by atoms with Crippen LogP contribution in [-0.2, 0) is 0 Å². The van der Waals surface area contributed by atoms with Crippen LogP contribution in [0.2, 0.25) is 0 Å². The van der Waals surface area contributed by atoms with Crippen LogP contribution in [0.15, 0.2) is 47.8 Å². The Bertz CT molecular complexity index is 1020. The van der Waals surface area contributed by atoms with Gasteiger partial charge in [-0.2, -0.15) is 0 Å². The summed E-state index contributed by atoms with van der Waals surface area (Å²) in [5, 5.41) is 5.32. The lowest BCUT2D eigenvalue weighted by Crippen LogP contribution is -2.34. The first kappa shape index (κ1) is 21.7. The first-order valence-electron chi connectivity index (χ1n) is 9.31. The molecule has 0 saturated heterocycles.